The summed E-state index contributed by atoms with van der Waals surface area (Å²) in [6, 6.07) is 6.32. The van der Waals surface area contributed by atoms with Crippen LogP contribution in [0.1, 0.15) is 36.1 Å². The highest BCUT2D eigenvalue weighted by atomic mass is 32.2. The van der Waals surface area contributed by atoms with Crippen molar-refractivity contribution in [3.8, 4) is 5.75 Å². The minimum Gasteiger partial charge on any atom is -0.487 e. The molecule has 158 valence electrons. The number of nitrogens with zero attached hydrogens (tertiary/aromatic N) is 5. The summed E-state index contributed by atoms with van der Waals surface area (Å²) in [6.45, 7) is 2.13. The molecular weight excluding hydrogens is 390 g/mol. The summed E-state index contributed by atoms with van der Waals surface area (Å²) in [5.74, 6) is 1.10. The molecule has 2 heterocycles. The van der Waals surface area contributed by atoms with Crippen LogP contribution in [0.25, 0.3) is 0 Å². The third-order valence-electron chi connectivity index (χ3n) is 5.76. The van der Waals surface area contributed by atoms with Crippen molar-refractivity contribution in [3.05, 3.63) is 41.2 Å². The molecular formula is C20H29N5O3S. The van der Waals surface area contributed by atoms with Gasteiger partial charge in [-0.3, -0.25) is 4.68 Å². The van der Waals surface area contributed by atoms with Crippen LogP contribution in [0.5, 0.6) is 5.75 Å². The van der Waals surface area contributed by atoms with Gasteiger partial charge in [-0.1, -0.05) is 11.3 Å². The van der Waals surface area contributed by atoms with E-state index >= 15 is 0 Å². The quantitative estimate of drug-likeness (QED) is 0.684. The lowest BCUT2D eigenvalue weighted by atomic mass is 10.00. The van der Waals surface area contributed by atoms with Crippen LogP contribution in [0.3, 0.4) is 0 Å². The van der Waals surface area contributed by atoms with Crippen molar-refractivity contribution in [2.24, 2.45) is 5.92 Å². The molecule has 8 nitrogen and oxygen atoms in total. The number of benzene rings is 1. The molecule has 1 atom stereocenters. The van der Waals surface area contributed by atoms with E-state index in [0.29, 0.717) is 26.2 Å². The number of aromatic nitrogens is 3. The van der Waals surface area contributed by atoms with Gasteiger partial charge in [0, 0.05) is 33.7 Å². The molecule has 0 bridgehead atoms. The molecule has 0 N–H and O–H groups in total. The molecule has 1 aliphatic carbocycles. The maximum Gasteiger partial charge on any atom is 0.281 e. The van der Waals surface area contributed by atoms with Crippen molar-refractivity contribution in [1.82, 2.24) is 23.6 Å². The van der Waals surface area contributed by atoms with Gasteiger partial charge in [0.2, 0.25) is 0 Å². The largest absolute Gasteiger partial charge is 0.487 e. The van der Waals surface area contributed by atoms with Gasteiger partial charge in [0.25, 0.3) is 10.2 Å². The Morgan fingerprint density at radius 2 is 2.03 bits per heavy atom. The Morgan fingerprint density at radius 3 is 2.86 bits per heavy atom. The molecule has 29 heavy (non-hydrogen) atoms. The summed E-state index contributed by atoms with van der Waals surface area (Å²) in [5, 5.41) is 8.42. The van der Waals surface area contributed by atoms with Crippen LogP contribution in [0.2, 0.25) is 0 Å². The third kappa shape index (κ3) is 4.62. The first-order chi connectivity index (χ1) is 13.9. The van der Waals surface area contributed by atoms with Gasteiger partial charge in [0.1, 0.15) is 18.1 Å². The zero-order chi connectivity index (χ0) is 20.4. The van der Waals surface area contributed by atoms with E-state index in [1.807, 2.05) is 12.3 Å². The molecule has 1 aromatic heterocycles. The molecule has 1 aliphatic heterocycles. The average molecular weight is 420 g/mol. The van der Waals surface area contributed by atoms with Crippen molar-refractivity contribution in [2.75, 3.05) is 27.2 Å². The predicted molar refractivity (Wildman–Crippen MR) is 110 cm³/mol. The Hall–Kier alpha value is -1.97. The topological polar surface area (TPSA) is 80.6 Å². The Kier molecular flexibility index (Phi) is 5.89. The van der Waals surface area contributed by atoms with E-state index < -0.39 is 10.2 Å². The van der Waals surface area contributed by atoms with E-state index in [4.69, 9.17) is 4.74 Å². The van der Waals surface area contributed by atoms with Crippen LogP contribution in [0.15, 0.2) is 24.4 Å². The van der Waals surface area contributed by atoms with Crippen LogP contribution < -0.4 is 4.74 Å². The summed E-state index contributed by atoms with van der Waals surface area (Å²) in [5.41, 5.74) is 3.60. The minimum atomic E-state index is -3.36. The van der Waals surface area contributed by atoms with Crippen LogP contribution in [0.4, 0.5) is 0 Å². The van der Waals surface area contributed by atoms with Crippen molar-refractivity contribution >= 4 is 10.2 Å². The van der Waals surface area contributed by atoms with E-state index in [0.717, 1.165) is 30.7 Å². The van der Waals surface area contributed by atoms with Gasteiger partial charge < -0.3 is 4.74 Å². The zero-order valence-electron chi connectivity index (χ0n) is 17.1. The molecule has 2 aromatic rings. The summed E-state index contributed by atoms with van der Waals surface area (Å²) < 4.78 is 35.3. The summed E-state index contributed by atoms with van der Waals surface area (Å²) in [7, 11) is -0.216. The van der Waals surface area contributed by atoms with Crippen LogP contribution in [-0.4, -0.2) is 59.2 Å². The summed E-state index contributed by atoms with van der Waals surface area (Å²) in [4.78, 5) is 0. The number of hydrogen-bond acceptors (Lipinski definition) is 5. The summed E-state index contributed by atoms with van der Waals surface area (Å²) >= 11 is 0. The van der Waals surface area contributed by atoms with Gasteiger partial charge in [-0.15, -0.1) is 5.10 Å². The van der Waals surface area contributed by atoms with Gasteiger partial charge >= 0.3 is 0 Å². The number of aryl methyl sites for hydroxylation is 2. The summed E-state index contributed by atoms with van der Waals surface area (Å²) in [6.07, 6.45) is 7.26. The maximum absolute atomic E-state index is 12.4. The lowest BCUT2D eigenvalue weighted by Crippen LogP contribution is -2.46. The highest BCUT2D eigenvalue weighted by Crippen LogP contribution is 2.26. The van der Waals surface area contributed by atoms with Gasteiger partial charge in [0.05, 0.1) is 6.20 Å². The monoisotopic (exact) mass is 419 g/mol. The number of piperidine rings is 1. The molecule has 0 amide bonds. The van der Waals surface area contributed by atoms with Crippen LogP contribution in [-0.2, 0) is 36.2 Å². The lowest BCUT2D eigenvalue weighted by Gasteiger charge is -2.33. The van der Waals surface area contributed by atoms with Crippen molar-refractivity contribution in [1.29, 1.82) is 0 Å². The molecule has 0 radical (unpaired) electrons. The second kappa shape index (κ2) is 8.41. The second-order valence-corrected chi connectivity index (χ2v) is 10.3. The number of ether oxygens (including phenoxy) is 1. The van der Waals surface area contributed by atoms with Crippen molar-refractivity contribution < 1.29 is 13.2 Å². The molecule has 1 saturated heterocycles. The Labute approximate surface area is 172 Å². The normalized spacial score (nSPS) is 20.2. The van der Waals surface area contributed by atoms with E-state index in [1.165, 1.54) is 28.3 Å². The SMILES string of the molecule is CN(C)S(=O)(=O)N1CCCC(Cn2cc(COc3ccc4c(c3)CCC4)nn2)C1. The first kappa shape index (κ1) is 20.3. The Balaban J connectivity index is 1.32. The minimum absolute atomic E-state index is 0.227. The average Bonchev–Trinajstić information content (AvgIpc) is 3.35. The fourth-order valence-corrected chi connectivity index (χ4v) is 5.39. The predicted octanol–water partition coefficient (Wildman–Crippen LogP) is 1.86. The highest BCUT2D eigenvalue weighted by molar-refractivity contribution is 7.86. The molecule has 1 fully saturated rings. The number of rotatable bonds is 7. The van der Waals surface area contributed by atoms with E-state index in [2.05, 4.69) is 22.4 Å². The first-order valence-electron chi connectivity index (χ1n) is 10.2. The standard InChI is InChI=1S/C20H29N5O3S/c1-23(2)29(26,27)25-10-4-5-16(13-25)12-24-14-19(21-22-24)15-28-20-9-8-17-6-3-7-18(17)11-20/h8-9,11,14,16H,3-7,10,12-13,15H2,1-2H3. The van der Waals surface area contributed by atoms with Crippen LogP contribution in [0, 0.1) is 5.92 Å². The van der Waals surface area contributed by atoms with Crippen molar-refractivity contribution in [3.63, 3.8) is 0 Å². The van der Waals surface area contributed by atoms with E-state index in [9.17, 15) is 8.42 Å². The van der Waals surface area contributed by atoms with Gasteiger partial charge in [0.15, 0.2) is 0 Å². The molecule has 4 rings (SSSR count). The Morgan fingerprint density at radius 1 is 1.21 bits per heavy atom. The molecule has 2 aliphatic rings. The molecule has 9 heteroatoms. The second-order valence-electron chi connectivity index (χ2n) is 8.16. The number of fused-ring (bicyclic) bond motifs is 1. The molecule has 1 aromatic carbocycles. The fraction of sp³-hybridized carbons (Fsp3) is 0.600. The molecule has 1 unspecified atom stereocenters. The van der Waals surface area contributed by atoms with Crippen LogP contribution >= 0.6 is 0 Å². The zero-order valence-corrected chi connectivity index (χ0v) is 17.9. The van der Waals surface area contributed by atoms with Gasteiger partial charge in [-0.05, 0) is 61.3 Å². The van der Waals surface area contributed by atoms with E-state index in [-0.39, 0.29) is 5.92 Å². The van der Waals surface area contributed by atoms with Gasteiger partial charge in [-0.2, -0.15) is 17.0 Å². The highest BCUT2D eigenvalue weighted by Gasteiger charge is 2.30. The fourth-order valence-electron chi connectivity index (χ4n) is 4.17. The Bertz CT molecular complexity index is 957. The van der Waals surface area contributed by atoms with Gasteiger partial charge in [-0.25, -0.2) is 0 Å². The van der Waals surface area contributed by atoms with E-state index in [1.54, 1.807) is 23.1 Å². The molecule has 0 saturated carbocycles. The number of hydrogen-bond donors (Lipinski definition) is 0. The smallest absolute Gasteiger partial charge is 0.281 e. The lowest BCUT2D eigenvalue weighted by molar-refractivity contribution is 0.230. The molecule has 0 spiro atoms. The van der Waals surface area contributed by atoms with Crippen molar-refractivity contribution in [2.45, 2.75) is 45.3 Å². The first-order valence-corrected chi connectivity index (χ1v) is 11.6. The third-order valence-corrected chi connectivity index (χ3v) is 7.66. The maximum atomic E-state index is 12.4.